The maximum atomic E-state index is 13.7. The predicted molar refractivity (Wildman–Crippen MR) is 136 cm³/mol. The first-order valence-corrected chi connectivity index (χ1v) is 12.2. The van der Waals surface area contributed by atoms with Crippen LogP contribution in [0.25, 0.3) is 21.5 Å². The number of amides is 1. The number of carbonyl (C=O) groups is 1. The van der Waals surface area contributed by atoms with E-state index in [2.05, 4.69) is 30.0 Å². The van der Waals surface area contributed by atoms with Gasteiger partial charge in [0.25, 0.3) is 5.91 Å². The number of carbonyl (C=O) groups excluding carboxylic acids is 1. The number of piperazine rings is 1. The maximum absolute atomic E-state index is 13.7. The molecule has 0 radical (unpaired) electrons. The second-order valence-electron chi connectivity index (χ2n) is 8.16. The Kier molecular flexibility index (Phi) is 6.01. The molecule has 6 heteroatoms. The Hall–Kier alpha value is -3.38. The van der Waals surface area contributed by atoms with Crippen LogP contribution in [-0.4, -0.2) is 48.6 Å². The highest BCUT2D eigenvalue weighted by Gasteiger charge is 2.25. The molecule has 5 nitrogen and oxygen atoms in total. The van der Waals surface area contributed by atoms with Crippen molar-refractivity contribution in [1.82, 2.24) is 9.88 Å². The van der Waals surface area contributed by atoms with E-state index in [1.165, 1.54) is 4.88 Å². The fourth-order valence-electron chi connectivity index (χ4n) is 4.37. The molecule has 5 rings (SSSR count). The van der Waals surface area contributed by atoms with Crippen molar-refractivity contribution in [3.63, 3.8) is 0 Å². The van der Waals surface area contributed by atoms with E-state index in [9.17, 15) is 4.79 Å². The van der Waals surface area contributed by atoms with Gasteiger partial charge in [-0.05, 0) is 50.2 Å². The number of hydrogen-bond acceptors (Lipinski definition) is 5. The molecule has 1 fully saturated rings. The Bertz CT molecular complexity index is 1290. The van der Waals surface area contributed by atoms with E-state index in [-0.39, 0.29) is 5.91 Å². The smallest absolute Gasteiger partial charge is 0.254 e. The summed E-state index contributed by atoms with van der Waals surface area (Å²) in [6.45, 7) is 7.61. The summed E-state index contributed by atoms with van der Waals surface area (Å²) in [5.41, 5.74) is 3.54. The number of hydrogen-bond donors (Lipinski definition) is 0. The van der Waals surface area contributed by atoms with Gasteiger partial charge in [-0.25, -0.2) is 4.98 Å². The minimum Gasteiger partial charge on any atom is -0.492 e. The average molecular weight is 458 g/mol. The molecule has 0 spiro atoms. The van der Waals surface area contributed by atoms with Gasteiger partial charge in [-0.1, -0.05) is 30.3 Å². The zero-order valence-electron chi connectivity index (χ0n) is 19.0. The molecule has 0 unspecified atom stereocenters. The summed E-state index contributed by atoms with van der Waals surface area (Å²) in [6.07, 6.45) is 0. The first-order valence-electron chi connectivity index (χ1n) is 11.4. The fraction of sp³-hybridized carbons (Fsp3) is 0.259. The maximum Gasteiger partial charge on any atom is 0.254 e. The van der Waals surface area contributed by atoms with Crippen molar-refractivity contribution < 1.29 is 9.53 Å². The number of benzene rings is 2. The van der Waals surface area contributed by atoms with Gasteiger partial charge >= 0.3 is 0 Å². The number of para-hydroxylation sites is 3. The molecule has 0 aliphatic carbocycles. The quantitative estimate of drug-likeness (QED) is 0.389. The van der Waals surface area contributed by atoms with E-state index in [1.807, 2.05) is 60.4 Å². The van der Waals surface area contributed by atoms with Crippen molar-refractivity contribution >= 4 is 33.8 Å². The van der Waals surface area contributed by atoms with E-state index in [0.717, 1.165) is 51.6 Å². The lowest BCUT2D eigenvalue weighted by Crippen LogP contribution is -2.49. The van der Waals surface area contributed by atoms with E-state index >= 15 is 0 Å². The van der Waals surface area contributed by atoms with Gasteiger partial charge in [-0.2, -0.15) is 0 Å². The Morgan fingerprint density at radius 2 is 1.76 bits per heavy atom. The van der Waals surface area contributed by atoms with Crippen LogP contribution in [0.4, 0.5) is 5.69 Å². The third-order valence-corrected chi connectivity index (χ3v) is 7.04. The van der Waals surface area contributed by atoms with Gasteiger partial charge in [-0.3, -0.25) is 4.79 Å². The number of aryl methyl sites for hydroxylation is 1. The lowest BCUT2D eigenvalue weighted by molar-refractivity contribution is 0.0748. The number of anilines is 1. The second-order valence-corrected chi connectivity index (χ2v) is 9.45. The number of thiophene rings is 1. The Balaban J connectivity index is 1.41. The van der Waals surface area contributed by atoms with E-state index in [4.69, 9.17) is 9.72 Å². The molecule has 4 aromatic rings. The van der Waals surface area contributed by atoms with Gasteiger partial charge in [0.1, 0.15) is 5.75 Å². The Morgan fingerprint density at radius 3 is 2.52 bits per heavy atom. The van der Waals surface area contributed by atoms with Crippen molar-refractivity contribution in [2.75, 3.05) is 37.7 Å². The zero-order valence-corrected chi connectivity index (χ0v) is 19.8. The van der Waals surface area contributed by atoms with Crippen LogP contribution < -0.4 is 9.64 Å². The molecule has 1 aliphatic rings. The number of ether oxygens (including phenoxy) is 1. The van der Waals surface area contributed by atoms with Gasteiger partial charge < -0.3 is 14.5 Å². The van der Waals surface area contributed by atoms with Crippen molar-refractivity contribution in [3.05, 3.63) is 77.2 Å². The number of fused-ring (bicyclic) bond motifs is 1. The average Bonchev–Trinajstić information content (AvgIpc) is 3.30. The van der Waals surface area contributed by atoms with Crippen LogP contribution in [0.2, 0.25) is 0 Å². The number of rotatable bonds is 5. The molecule has 1 aliphatic heterocycles. The minimum atomic E-state index is 0.0703. The summed E-state index contributed by atoms with van der Waals surface area (Å²) in [7, 11) is 0. The molecular weight excluding hydrogens is 430 g/mol. The summed E-state index contributed by atoms with van der Waals surface area (Å²) in [5, 5.41) is 0.906. The van der Waals surface area contributed by atoms with Crippen molar-refractivity contribution in [3.8, 4) is 16.3 Å². The molecule has 0 bridgehead atoms. The number of pyridine rings is 1. The van der Waals surface area contributed by atoms with Crippen LogP contribution in [0.1, 0.15) is 22.2 Å². The van der Waals surface area contributed by atoms with Gasteiger partial charge in [0.2, 0.25) is 0 Å². The molecule has 0 saturated carbocycles. The van der Waals surface area contributed by atoms with Crippen LogP contribution in [0.3, 0.4) is 0 Å². The summed E-state index contributed by atoms with van der Waals surface area (Å²) in [6, 6.07) is 22.2. The lowest BCUT2D eigenvalue weighted by atomic mass is 10.1. The van der Waals surface area contributed by atoms with Crippen LogP contribution in [0.5, 0.6) is 5.75 Å². The SMILES string of the molecule is CCOc1ccccc1N1CCN(C(=O)c2cc(-c3ccc(C)s3)nc3ccccc23)CC1. The second kappa shape index (κ2) is 9.24. The van der Waals surface area contributed by atoms with Crippen LogP contribution in [0, 0.1) is 6.92 Å². The first-order chi connectivity index (χ1) is 16.1. The molecule has 3 heterocycles. The largest absolute Gasteiger partial charge is 0.492 e. The monoisotopic (exact) mass is 457 g/mol. The normalized spacial score (nSPS) is 14.0. The standard InChI is InChI=1S/C27H27N3O2S/c1-3-32-25-11-7-6-10-24(25)29-14-16-30(17-15-29)27(31)21-18-23(26-13-12-19(2)33-26)28-22-9-5-4-8-20(21)22/h4-13,18H,3,14-17H2,1-2H3. The number of aromatic nitrogens is 1. The van der Waals surface area contributed by atoms with Gasteiger partial charge in [-0.15, -0.1) is 11.3 Å². The summed E-state index contributed by atoms with van der Waals surface area (Å²) in [4.78, 5) is 25.1. The Morgan fingerprint density at radius 1 is 1.00 bits per heavy atom. The zero-order chi connectivity index (χ0) is 22.8. The molecule has 0 N–H and O–H groups in total. The molecular formula is C27H27N3O2S. The van der Waals surface area contributed by atoms with Crippen molar-refractivity contribution in [2.24, 2.45) is 0 Å². The summed E-state index contributed by atoms with van der Waals surface area (Å²) in [5.74, 6) is 0.969. The third kappa shape index (κ3) is 4.31. The molecule has 2 aromatic heterocycles. The van der Waals surface area contributed by atoms with Crippen LogP contribution in [-0.2, 0) is 0 Å². The highest BCUT2D eigenvalue weighted by molar-refractivity contribution is 7.15. The molecule has 0 atom stereocenters. The van der Waals surface area contributed by atoms with Crippen molar-refractivity contribution in [2.45, 2.75) is 13.8 Å². The van der Waals surface area contributed by atoms with Gasteiger partial charge in [0.05, 0.1) is 33.9 Å². The van der Waals surface area contributed by atoms with E-state index in [1.54, 1.807) is 11.3 Å². The van der Waals surface area contributed by atoms with Crippen LogP contribution >= 0.6 is 11.3 Å². The molecule has 168 valence electrons. The van der Waals surface area contributed by atoms with Gasteiger partial charge in [0.15, 0.2) is 0 Å². The third-order valence-electron chi connectivity index (χ3n) is 6.01. The lowest BCUT2D eigenvalue weighted by Gasteiger charge is -2.37. The van der Waals surface area contributed by atoms with Gasteiger partial charge in [0, 0.05) is 36.4 Å². The van der Waals surface area contributed by atoms with E-state index < -0.39 is 0 Å². The number of nitrogens with zero attached hydrogens (tertiary/aromatic N) is 3. The highest BCUT2D eigenvalue weighted by atomic mass is 32.1. The summed E-state index contributed by atoms with van der Waals surface area (Å²) >= 11 is 1.70. The van der Waals surface area contributed by atoms with Crippen molar-refractivity contribution in [1.29, 1.82) is 0 Å². The first kappa shape index (κ1) is 21.5. The fourth-order valence-corrected chi connectivity index (χ4v) is 5.20. The topological polar surface area (TPSA) is 45.7 Å². The minimum absolute atomic E-state index is 0.0703. The molecule has 1 amide bonds. The molecule has 1 saturated heterocycles. The molecule has 33 heavy (non-hydrogen) atoms. The predicted octanol–water partition coefficient (Wildman–Crippen LogP) is 5.63. The van der Waals surface area contributed by atoms with E-state index in [0.29, 0.717) is 19.7 Å². The Labute approximate surface area is 198 Å². The molecule has 2 aromatic carbocycles. The highest BCUT2D eigenvalue weighted by Crippen LogP contribution is 2.32. The van der Waals surface area contributed by atoms with Crippen LogP contribution in [0.15, 0.2) is 66.7 Å². The summed E-state index contributed by atoms with van der Waals surface area (Å²) < 4.78 is 5.81.